The number of halogens is 1. The van der Waals surface area contributed by atoms with Crippen LogP contribution in [0.4, 0.5) is 5.95 Å². The summed E-state index contributed by atoms with van der Waals surface area (Å²) in [5, 5.41) is 0. The van der Waals surface area contributed by atoms with Gasteiger partial charge in [0.25, 0.3) is 0 Å². The molecule has 2 rings (SSSR count). The first-order valence-corrected chi connectivity index (χ1v) is 5.88. The summed E-state index contributed by atoms with van der Waals surface area (Å²) in [6.07, 6.45) is 6.04. The van der Waals surface area contributed by atoms with Crippen molar-refractivity contribution in [1.29, 1.82) is 0 Å². The van der Waals surface area contributed by atoms with E-state index in [1.807, 2.05) is 6.07 Å². The average molecular weight is 256 g/mol. The van der Waals surface area contributed by atoms with Crippen LogP contribution in [0.2, 0.25) is 0 Å². The Morgan fingerprint density at radius 2 is 2.14 bits per heavy atom. The summed E-state index contributed by atoms with van der Waals surface area (Å²) in [6, 6.07) is 2.33. The summed E-state index contributed by atoms with van der Waals surface area (Å²) in [4.78, 5) is 11.4. The molecule has 0 aliphatic carbocycles. The highest BCUT2D eigenvalue weighted by Crippen LogP contribution is 2.25. The van der Waals surface area contributed by atoms with Crippen molar-refractivity contribution in [2.45, 2.75) is 30.6 Å². The van der Waals surface area contributed by atoms with Crippen LogP contribution in [-0.4, -0.2) is 27.4 Å². The maximum Gasteiger partial charge on any atom is 0.225 e. The lowest BCUT2D eigenvalue weighted by atomic mass is 10.0. The molecule has 0 bridgehead atoms. The zero-order valence-electron chi connectivity index (χ0n) is 8.23. The summed E-state index contributed by atoms with van der Waals surface area (Å²) < 4.78 is 0. The van der Waals surface area contributed by atoms with E-state index in [2.05, 4.69) is 37.7 Å². The number of nitrogens with zero attached hydrogens (tertiary/aromatic N) is 3. The van der Waals surface area contributed by atoms with Crippen LogP contribution in [0, 0.1) is 0 Å². The lowest BCUT2D eigenvalue weighted by Gasteiger charge is -2.36. The molecule has 0 aromatic carbocycles. The van der Waals surface area contributed by atoms with E-state index >= 15 is 0 Å². The van der Waals surface area contributed by atoms with E-state index in [0.29, 0.717) is 10.9 Å². The van der Waals surface area contributed by atoms with Gasteiger partial charge >= 0.3 is 0 Å². The van der Waals surface area contributed by atoms with Crippen molar-refractivity contribution >= 4 is 21.9 Å². The summed E-state index contributed by atoms with van der Waals surface area (Å²) >= 11 is 3.69. The van der Waals surface area contributed by atoms with Crippen molar-refractivity contribution in [1.82, 2.24) is 9.97 Å². The van der Waals surface area contributed by atoms with Gasteiger partial charge in [0, 0.05) is 29.8 Å². The van der Waals surface area contributed by atoms with Gasteiger partial charge in [-0.1, -0.05) is 15.9 Å². The minimum Gasteiger partial charge on any atom is -0.337 e. The van der Waals surface area contributed by atoms with E-state index in [1.165, 1.54) is 12.8 Å². The Morgan fingerprint density at radius 3 is 2.86 bits per heavy atom. The number of hydrogen-bond donors (Lipinski definition) is 0. The Balaban J connectivity index is 2.17. The molecule has 2 unspecified atom stereocenters. The standard InChI is InChI=1S/C10H14BrN3/c1-8-9(11)4-2-7-14(8)10-12-5-3-6-13-10/h3,5-6,8-9H,2,4,7H2,1H3. The first-order valence-electron chi connectivity index (χ1n) is 4.97. The highest BCUT2D eigenvalue weighted by Gasteiger charge is 2.27. The van der Waals surface area contributed by atoms with Crippen molar-refractivity contribution < 1.29 is 0 Å². The van der Waals surface area contributed by atoms with Crippen LogP contribution in [-0.2, 0) is 0 Å². The summed E-state index contributed by atoms with van der Waals surface area (Å²) in [5.41, 5.74) is 0. The molecule has 0 spiro atoms. The van der Waals surface area contributed by atoms with Gasteiger partial charge in [-0.05, 0) is 25.8 Å². The molecular formula is C10H14BrN3. The lowest BCUT2D eigenvalue weighted by molar-refractivity contribution is 0.494. The normalized spacial score (nSPS) is 27.7. The molecule has 0 saturated carbocycles. The molecule has 14 heavy (non-hydrogen) atoms. The predicted octanol–water partition coefficient (Wildman–Crippen LogP) is 2.23. The Kier molecular flexibility index (Phi) is 3.01. The van der Waals surface area contributed by atoms with Gasteiger partial charge in [0.2, 0.25) is 5.95 Å². The van der Waals surface area contributed by atoms with Crippen LogP contribution in [0.1, 0.15) is 19.8 Å². The number of anilines is 1. The van der Waals surface area contributed by atoms with Gasteiger partial charge in [0.15, 0.2) is 0 Å². The minimum absolute atomic E-state index is 0.478. The smallest absolute Gasteiger partial charge is 0.225 e. The molecule has 4 heteroatoms. The maximum absolute atomic E-state index is 4.28. The first kappa shape index (κ1) is 9.90. The molecule has 1 fully saturated rings. The number of hydrogen-bond acceptors (Lipinski definition) is 3. The monoisotopic (exact) mass is 255 g/mol. The second-order valence-electron chi connectivity index (χ2n) is 3.64. The Labute approximate surface area is 92.7 Å². The largest absolute Gasteiger partial charge is 0.337 e. The minimum atomic E-state index is 0.478. The second kappa shape index (κ2) is 4.26. The quantitative estimate of drug-likeness (QED) is 0.721. The van der Waals surface area contributed by atoms with Crippen LogP contribution in [0.25, 0.3) is 0 Å². The van der Waals surface area contributed by atoms with Gasteiger partial charge < -0.3 is 4.90 Å². The molecule has 1 aliphatic rings. The van der Waals surface area contributed by atoms with Crippen molar-refractivity contribution in [3.8, 4) is 0 Å². The molecule has 2 heterocycles. The van der Waals surface area contributed by atoms with E-state index in [1.54, 1.807) is 12.4 Å². The van der Waals surface area contributed by atoms with Crippen LogP contribution >= 0.6 is 15.9 Å². The highest BCUT2D eigenvalue weighted by atomic mass is 79.9. The lowest BCUT2D eigenvalue weighted by Crippen LogP contribution is -2.44. The van der Waals surface area contributed by atoms with Gasteiger partial charge in [-0.3, -0.25) is 0 Å². The second-order valence-corrected chi connectivity index (χ2v) is 4.82. The maximum atomic E-state index is 4.28. The number of alkyl halides is 1. The van der Waals surface area contributed by atoms with Gasteiger partial charge in [0.1, 0.15) is 0 Å². The van der Waals surface area contributed by atoms with E-state index in [0.717, 1.165) is 12.5 Å². The van der Waals surface area contributed by atoms with Gasteiger partial charge in [-0.2, -0.15) is 0 Å². The SMILES string of the molecule is CC1C(Br)CCCN1c1ncccn1. The van der Waals surface area contributed by atoms with Gasteiger partial charge in [-0.15, -0.1) is 0 Å². The molecule has 2 atom stereocenters. The highest BCUT2D eigenvalue weighted by molar-refractivity contribution is 9.09. The fraction of sp³-hybridized carbons (Fsp3) is 0.600. The van der Waals surface area contributed by atoms with Crippen molar-refractivity contribution in [2.24, 2.45) is 0 Å². The van der Waals surface area contributed by atoms with E-state index < -0.39 is 0 Å². The fourth-order valence-corrected chi connectivity index (χ4v) is 2.43. The third-order valence-corrected chi connectivity index (χ3v) is 3.93. The summed E-state index contributed by atoms with van der Waals surface area (Å²) in [6.45, 7) is 3.28. The Morgan fingerprint density at radius 1 is 1.43 bits per heavy atom. The molecule has 1 aromatic rings. The summed E-state index contributed by atoms with van der Waals surface area (Å²) in [5.74, 6) is 0.851. The van der Waals surface area contributed by atoms with Crippen LogP contribution in [0.5, 0.6) is 0 Å². The molecule has 1 saturated heterocycles. The molecule has 0 radical (unpaired) electrons. The number of piperidine rings is 1. The molecular weight excluding hydrogens is 242 g/mol. The molecule has 1 aliphatic heterocycles. The zero-order valence-corrected chi connectivity index (χ0v) is 9.81. The third kappa shape index (κ3) is 1.90. The fourth-order valence-electron chi connectivity index (χ4n) is 1.82. The van der Waals surface area contributed by atoms with Gasteiger partial charge in [0.05, 0.1) is 0 Å². The average Bonchev–Trinajstić information content (AvgIpc) is 2.23. The molecule has 76 valence electrons. The summed E-state index contributed by atoms with van der Waals surface area (Å²) in [7, 11) is 0. The third-order valence-electron chi connectivity index (χ3n) is 2.70. The van der Waals surface area contributed by atoms with Crippen molar-refractivity contribution in [2.75, 3.05) is 11.4 Å². The topological polar surface area (TPSA) is 29.0 Å². The molecule has 1 aromatic heterocycles. The van der Waals surface area contributed by atoms with E-state index in [9.17, 15) is 0 Å². The molecule has 3 nitrogen and oxygen atoms in total. The Bertz CT molecular complexity index is 291. The number of aromatic nitrogens is 2. The van der Waals surface area contributed by atoms with Crippen molar-refractivity contribution in [3.05, 3.63) is 18.5 Å². The first-order chi connectivity index (χ1) is 6.79. The molecule has 0 amide bonds. The van der Waals surface area contributed by atoms with E-state index in [-0.39, 0.29) is 0 Å². The van der Waals surface area contributed by atoms with E-state index in [4.69, 9.17) is 0 Å². The van der Waals surface area contributed by atoms with Crippen LogP contribution in [0.3, 0.4) is 0 Å². The number of rotatable bonds is 1. The van der Waals surface area contributed by atoms with Gasteiger partial charge in [-0.25, -0.2) is 9.97 Å². The predicted molar refractivity (Wildman–Crippen MR) is 60.8 cm³/mol. The zero-order chi connectivity index (χ0) is 9.97. The molecule has 0 N–H and O–H groups in total. The van der Waals surface area contributed by atoms with Crippen LogP contribution in [0.15, 0.2) is 18.5 Å². The Hall–Kier alpha value is -0.640. The van der Waals surface area contributed by atoms with Crippen LogP contribution < -0.4 is 4.90 Å². The van der Waals surface area contributed by atoms with Crippen molar-refractivity contribution in [3.63, 3.8) is 0 Å².